The maximum atomic E-state index is 14.5. The van der Waals surface area contributed by atoms with E-state index in [2.05, 4.69) is 43.0 Å². The Bertz CT molecular complexity index is 7030. The van der Waals surface area contributed by atoms with E-state index in [4.69, 9.17) is 35.0 Å². The minimum atomic E-state index is -4.31. The van der Waals surface area contributed by atoms with E-state index < -0.39 is 115 Å². The number of likely N-dealkylation sites (N-methyl/N-ethyl adjacent to an activating group) is 3. The lowest BCUT2D eigenvalue weighted by Crippen LogP contribution is -2.72. The molecule has 686 valence electrons. The summed E-state index contributed by atoms with van der Waals surface area (Å²) in [5, 5.41) is 21.0. The van der Waals surface area contributed by atoms with E-state index in [0.717, 1.165) is 75.3 Å². The number of amides is 6. The Morgan fingerprint density at radius 3 is 1.14 bits per heavy atom. The van der Waals surface area contributed by atoms with Gasteiger partial charge in [-0.05, 0) is 141 Å². The number of benzene rings is 9. The first-order chi connectivity index (χ1) is 62.5. The van der Waals surface area contributed by atoms with Gasteiger partial charge in [0, 0.05) is 160 Å². The quantitative estimate of drug-likeness (QED) is 0.0772. The Labute approximate surface area is 824 Å². The SMILES string of the molecule is C.C.CN1C(=O)[C@@]2(S)C[C@]3(C4=CCc5ccccc54)c4ccccc4N(S(=O)(=O)c4ccccc4)[C@@H]3N2C(=O)[C@@H]1S.CN1C(=O)[C@@]23C[C@]4(C5=CCc6ccccc65)c5ccccc5N(S(=O)(=O)c5ccccc5)[C@@H]4N2C(=O)[C@@H]1SS3.CN1C(=O)[C@]2(O)C[C@]3(C4=CCc5ccccc54)c4ccccc4N(S(=O)(=O)c4ccccc4)[C@@H]3N2C(=O)[C@H]1O.S=S=S=S=S=S=S=S=S=S=S=S=S. The average molecular weight is 2140 g/mol. The normalized spacial score (nSPS) is 26.9. The Hall–Kier alpha value is -7.55. The molecule has 3 aliphatic carbocycles. The van der Waals surface area contributed by atoms with Crippen LogP contribution < -0.4 is 12.9 Å². The second-order valence-corrected chi connectivity index (χ2v) is 60.9. The predicted octanol–water partition coefficient (Wildman–Crippen LogP) is 11.0. The van der Waals surface area contributed by atoms with Crippen molar-refractivity contribution in [2.24, 2.45) is 0 Å². The zero-order valence-corrected chi connectivity index (χ0v) is 84.5. The molecule has 1 spiro atoms. The molecule has 8 fully saturated rings. The summed E-state index contributed by atoms with van der Waals surface area (Å²) >= 11 is 18.8. The summed E-state index contributed by atoms with van der Waals surface area (Å²) in [5.41, 5.74) is 6.74. The van der Waals surface area contributed by atoms with Crippen molar-refractivity contribution < 1.29 is 64.2 Å². The number of sulfonamides is 3. The lowest BCUT2D eigenvalue weighted by Gasteiger charge is -2.53. The highest BCUT2D eigenvalue weighted by molar-refractivity contribution is 8.78. The smallest absolute Gasteiger partial charge is 0.278 e. The maximum Gasteiger partial charge on any atom is 0.278 e. The molecular formula is C89H81N9O14S20. The monoisotopic (exact) mass is 2140 g/mol. The number of aliphatic hydroxyl groups is 2. The van der Waals surface area contributed by atoms with Gasteiger partial charge in [0.05, 0.1) is 48.0 Å². The molecule has 0 unspecified atom stereocenters. The van der Waals surface area contributed by atoms with Crippen LogP contribution in [-0.4, -0.2) is 172 Å². The Morgan fingerprint density at radius 1 is 0.394 bits per heavy atom. The van der Waals surface area contributed by atoms with Gasteiger partial charge in [-0.3, -0.25) is 43.5 Å². The van der Waals surface area contributed by atoms with E-state index in [1.807, 2.05) is 97.1 Å². The summed E-state index contributed by atoms with van der Waals surface area (Å²) < 4.78 is 90.7. The van der Waals surface area contributed by atoms with Gasteiger partial charge in [-0.2, -0.15) is 0 Å². The highest BCUT2D eigenvalue weighted by Crippen LogP contribution is 2.73. The Balaban J connectivity index is 0.000000129. The van der Waals surface area contributed by atoms with Gasteiger partial charge in [-0.25, -0.2) is 38.2 Å². The molecule has 2 N–H and O–H groups in total. The summed E-state index contributed by atoms with van der Waals surface area (Å²) in [4.78, 5) is 88.5. The number of hydrogen-bond acceptors (Lipinski definition) is 20. The van der Waals surface area contributed by atoms with Gasteiger partial charge in [-0.15, -0.1) is 25.3 Å². The third-order valence-corrected chi connectivity index (χ3v) is 58.1. The van der Waals surface area contributed by atoms with Gasteiger partial charge >= 0.3 is 0 Å². The van der Waals surface area contributed by atoms with Crippen LogP contribution in [0.1, 0.15) is 84.2 Å². The molecule has 0 aromatic heterocycles. The molecule has 12 atom stereocenters. The fraction of sp³-hybridized carbons (Fsp3) is 0.258. The number of aliphatic hydroxyl groups excluding tert-OH is 1. The summed E-state index contributed by atoms with van der Waals surface area (Å²) in [6.45, 7) is 0. The molecule has 6 amide bonds. The van der Waals surface area contributed by atoms with E-state index in [1.54, 1.807) is 207 Å². The predicted molar refractivity (Wildman–Crippen MR) is 557 cm³/mol. The highest BCUT2D eigenvalue weighted by Gasteiger charge is 2.80. The van der Waals surface area contributed by atoms with Crippen LogP contribution in [0.15, 0.2) is 270 Å². The van der Waals surface area contributed by atoms with Crippen molar-refractivity contribution in [1.82, 2.24) is 29.4 Å². The van der Waals surface area contributed by atoms with Crippen LogP contribution in [0.25, 0.3) is 16.7 Å². The molecule has 43 heteroatoms. The van der Waals surface area contributed by atoms with E-state index in [9.17, 15) is 64.2 Å². The van der Waals surface area contributed by atoms with Crippen molar-refractivity contribution in [2.75, 3.05) is 34.1 Å². The van der Waals surface area contributed by atoms with Crippen molar-refractivity contribution in [3.63, 3.8) is 0 Å². The zero-order valence-electron chi connectivity index (χ0n) is 68.0. The summed E-state index contributed by atoms with van der Waals surface area (Å²) in [6.07, 6.45) is 3.18. The second-order valence-electron chi connectivity index (χ2n) is 32.2. The maximum absolute atomic E-state index is 14.5. The number of para-hydroxylation sites is 3. The molecule has 0 saturated carbocycles. The molecule has 8 saturated heterocycles. The molecular weight excluding hydrogens is 2060 g/mol. The molecule has 9 aromatic rings. The minimum Gasteiger partial charge on any atom is -0.365 e. The molecule has 9 aromatic carbocycles. The molecule has 11 aliphatic heterocycles. The number of rotatable bonds is 9. The van der Waals surface area contributed by atoms with E-state index in [-0.39, 0.29) is 60.1 Å². The first-order valence-corrected chi connectivity index (χ1v) is 63.5. The van der Waals surface area contributed by atoms with Crippen LogP contribution in [0.5, 0.6) is 0 Å². The third-order valence-electron chi connectivity index (χ3n) is 26.2. The van der Waals surface area contributed by atoms with Crippen LogP contribution in [-0.2, 0) is 214 Å². The van der Waals surface area contributed by atoms with Crippen LogP contribution in [0.4, 0.5) is 17.1 Å². The van der Waals surface area contributed by atoms with Crippen LogP contribution in [0.3, 0.4) is 0 Å². The van der Waals surface area contributed by atoms with E-state index in [0.29, 0.717) is 48.3 Å². The number of carbonyl (C=O) groups is 6. The second kappa shape index (κ2) is 36.7. The Kier molecular flexibility index (Phi) is 26.8. The number of allylic oxidation sites excluding steroid dienone is 3. The van der Waals surface area contributed by atoms with Gasteiger partial charge in [0.2, 0.25) is 12.0 Å². The van der Waals surface area contributed by atoms with Gasteiger partial charge in [0.15, 0.2) is 20.5 Å². The van der Waals surface area contributed by atoms with Crippen LogP contribution in [0.2, 0.25) is 0 Å². The third kappa shape index (κ3) is 14.5. The molecule has 11 heterocycles. The lowest BCUT2D eigenvalue weighted by molar-refractivity contribution is -0.207. The first kappa shape index (κ1) is 96.1. The molecule has 23 nitrogen and oxygen atoms in total. The van der Waals surface area contributed by atoms with Crippen molar-refractivity contribution in [2.45, 2.75) is 135 Å². The topological polar surface area (TPSA) is 274 Å². The minimum absolute atomic E-state index is 0. The molecule has 14 aliphatic rings. The number of piperazine rings is 3. The average Bonchev–Trinajstić information content (AvgIpc) is 1.48. The fourth-order valence-electron chi connectivity index (χ4n) is 21.2. The molecule has 2 bridgehead atoms. The van der Waals surface area contributed by atoms with Crippen molar-refractivity contribution in [3.05, 3.63) is 305 Å². The van der Waals surface area contributed by atoms with Gasteiger partial charge in [-0.1, -0.05) is 237 Å². The largest absolute Gasteiger partial charge is 0.365 e. The number of hydrogen-bond donors (Lipinski definition) is 4. The summed E-state index contributed by atoms with van der Waals surface area (Å²) in [5.74, 6) is -3.04. The summed E-state index contributed by atoms with van der Waals surface area (Å²) in [7, 11) is 12.8. The van der Waals surface area contributed by atoms with Crippen LogP contribution in [0, 0.1) is 0 Å². The van der Waals surface area contributed by atoms with Gasteiger partial charge in [0.1, 0.15) is 18.5 Å². The standard InChI is InChI=1S/C29H25N3O6S.C29H23N3O4S3.C29H25N3O4S3.2CH4.S13/c1-30-24(33)25(34)31-26-28(17-29(31,36)27(30)35,21-16-15-18-9-5-6-12-20(18)21)22-13-7-8-14-23(22)32(26)39(37,38)19-10-3-2-4-11-19;1-30-25-24(33)31-26-28(17-29(31,27(30)34)38-37-25,21-16-15-18-9-5-6-12-20(18)21)22-13-7-8-14-23(22)32(26)39(35,36)19-10-3-2-4-11-19;1-30-25(37)24(33)31-26-28(17-29(31,38)27(30)34,21-16-15-18-9-5-6-12-20(18)21)22-13-7-8-14-23(22)32(26)39(35,36)19-10-3-2-4-11-19;;;1-3-5-7-9-11-13-12-10-8-6-4-2/h2-14,16,24,26,33,36H,15,17H2,1H3;2-14,16,25-26H,15,17H2,1H3;2-14,16,25-26,37-38H,15,17H2,1H3;2*1H4;/t24-,26+,28+,29-;2*25-,26-,28-,29-;;;/m100.../s1. The fourth-order valence-corrected chi connectivity index (χ4v) is 55.2. The molecule has 132 heavy (non-hydrogen) atoms. The van der Waals surface area contributed by atoms with E-state index >= 15 is 0 Å². The van der Waals surface area contributed by atoms with Gasteiger partial charge in [0.25, 0.3) is 65.5 Å². The number of nitrogens with zero attached hydrogens (tertiary/aromatic N) is 9. The summed E-state index contributed by atoms with van der Waals surface area (Å²) in [6, 6.07) is 70.1. The molecule has 0 radical (unpaired) electrons. The number of thiol groups is 2. The zero-order chi connectivity index (χ0) is 91.2. The first-order valence-electron chi connectivity index (χ1n) is 40.0. The van der Waals surface area contributed by atoms with Crippen LogP contribution >= 0.6 is 46.8 Å². The van der Waals surface area contributed by atoms with E-state index in [1.165, 1.54) is 88.9 Å². The molecule has 23 rings (SSSR count). The lowest BCUT2D eigenvalue weighted by atomic mass is 9.70. The number of carbonyl (C=O) groups excluding carboxylic acids is 6. The number of anilines is 3. The van der Waals surface area contributed by atoms with Gasteiger partial charge < -0.3 is 24.9 Å². The Morgan fingerprint density at radius 2 is 0.735 bits per heavy atom. The number of fused-ring (bicyclic) bond motifs is 18. The highest BCUT2D eigenvalue weighted by atomic mass is 33.5. The van der Waals surface area contributed by atoms with Crippen molar-refractivity contribution >= 4 is 266 Å². The van der Waals surface area contributed by atoms with Crippen molar-refractivity contribution in [3.8, 4) is 0 Å². The van der Waals surface area contributed by atoms with Crippen molar-refractivity contribution in [1.29, 1.82) is 0 Å².